The first kappa shape index (κ1) is 14.4. The molecule has 24 heavy (non-hydrogen) atoms. The Morgan fingerprint density at radius 2 is 1.75 bits per heavy atom. The maximum atomic E-state index is 12.4. The van der Waals surface area contributed by atoms with E-state index in [1.54, 1.807) is 53.6 Å². The van der Waals surface area contributed by atoms with E-state index in [1.165, 1.54) is 0 Å². The van der Waals surface area contributed by atoms with Gasteiger partial charge in [0.1, 0.15) is 0 Å². The fourth-order valence-electron chi connectivity index (χ4n) is 2.83. The van der Waals surface area contributed by atoms with Crippen LogP contribution in [0.3, 0.4) is 0 Å². The number of benzene rings is 2. The Hall–Kier alpha value is -3.22. The van der Waals surface area contributed by atoms with Crippen LogP contribution in [0.5, 0.6) is 11.5 Å². The van der Waals surface area contributed by atoms with Crippen molar-refractivity contribution < 1.29 is 14.3 Å². The molecule has 0 radical (unpaired) electrons. The molecule has 0 fully saturated rings. The summed E-state index contributed by atoms with van der Waals surface area (Å²) in [6.45, 7) is 0.166. The number of nitrogens with one attached hydrogen (secondary N) is 1. The van der Waals surface area contributed by atoms with Crippen LogP contribution in [0.25, 0.3) is 11.0 Å². The van der Waals surface area contributed by atoms with Crippen molar-refractivity contribution in [3.8, 4) is 11.5 Å². The predicted octanol–water partition coefficient (Wildman–Crippen LogP) is 1.86. The second-order valence-electron chi connectivity index (χ2n) is 5.63. The highest BCUT2D eigenvalue weighted by atomic mass is 16.7. The van der Waals surface area contributed by atoms with Crippen LogP contribution in [0.4, 0.5) is 5.69 Å². The summed E-state index contributed by atoms with van der Waals surface area (Å²) in [6.07, 6.45) is 0. The monoisotopic (exact) mass is 325 g/mol. The number of imidazole rings is 1. The summed E-state index contributed by atoms with van der Waals surface area (Å²) in [5.41, 5.74) is 2.55. The smallest absolute Gasteiger partial charge is 0.328 e. The standard InChI is InChI=1S/C17H15N3O4/c1-19-12-5-4-11(8-13(12)20(2)17(19)22)18-16(21)10-3-6-14-15(7-10)24-9-23-14/h3-8H,9H2,1-2H3,(H,18,21). The van der Waals surface area contributed by atoms with Gasteiger partial charge >= 0.3 is 5.69 Å². The van der Waals surface area contributed by atoms with Gasteiger partial charge in [-0.3, -0.25) is 13.9 Å². The van der Waals surface area contributed by atoms with E-state index in [1.807, 2.05) is 6.07 Å². The molecule has 1 aliphatic heterocycles. The zero-order valence-corrected chi connectivity index (χ0v) is 13.2. The van der Waals surface area contributed by atoms with E-state index >= 15 is 0 Å². The number of carbonyl (C=O) groups excluding carboxylic acids is 1. The van der Waals surface area contributed by atoms with E-state index in [2.05, 4.69) is 5.32 Å². The molecule has 7 heteroatoms. The van der Waals surface area contributed by atoms with Crippen molar-refractivity contribution in [1.29, 1.82) is 0 Å². The van der Waals surface area contributed by atoms with Gasteiger partial charge in [-0.25, -0.2) is 4.79 Å². The molecule has 1 aliphatic rings. The average Bonchev–Trinajstić information content (AvgIpc) is 3.14. The van der Waals surface area contributed by atoms with Gasteiger partial charge in [-0.05, 0) is 36.4 Å². The second kappa shape index (κ2) is 5.16. The van der Waals surface area contributed by atoms with Crippen molar-refractivity contribution in [3.63, 3.8) is 0 Å². The van der Waals surface area contributed by atoms with Crippen LogP contribution in [0, 0.1) is 0 Å². The molecule has 1 amide bonds. The van der Waals surface area contributed by atoms with Crippen molar-refractivity contribution in [2.75, 3.05) is 12.1 Å². The van der Waals surface area contributed by atoms with Crippen LogP contribution in [0.15, 0.2) is 41.2 Å². The fourth-order valence-corrected chi connectivity index (χ4v) is 2.83. The first-order valence-electron chi connectivity index (χ1n) is 7.41. The Bertz CT molecular complexity index is 1030. The normalized spacial score (nSPS) is 12.6. The number of rotatable bonds is 2. The van der Waals surface area contributed by atoms with E-state index in [4.69, 9.17) is 9.47 Å². The Kier molecular flexibility index (Phi) is 3.09. The lowest BCUT2D eigenvalue weighted by Gasteiger charge is -2.07. The quantitative estimate of drug-likeness (QED) is 0.780. The molecule has 2 heterocycles. The third kappa shape index (κ3) is 2.13. The molecule has 0 bridgehead atoms. The molecule has 0 saturated heterocycles. The van der Waals surface area contributed by atoms with Gasteiger partial charge in [0.05, 0.1) is 11.0 Å². The predicted molar refractivity (Wildman–Crippen MR) is 88.7 cm³/mol. The van der Waals surface area contributed by atoms with Crippen molar-refractivity contribution in [2.45, 2.75) is 0 Å². The van der Waals surface area contributed by atoms with Gasteiger partial charge in [-0.15, -0.1) is 0 Å². The first-order valence-corrected chi connectivity index (χ1v) is 7.41. The molecular formula is C17H15N3O4. The molecule has 2 aromatic carbocycles. The molecule has 1 aromatic heterocycles. The van der Waals surface area contributed by atoms with E-state index in [0.29, 0.717) is 22.7 Å². The maximum absolute atomic E-state index is 12.4. The average molecular weight is 325 g/mol. The Labute approximate surface area is 137 Å². The Morgan fingerprint density at radius 3 is 2.58 bits per heavy atom. The van der Waals surface area contributed by atoms with Gasteiger partial charge in [0, 0.05) is 25.3 Å². The summed E-state index contributed by atoms with van der Waals surface area (Å²) >= 11 is 0. The van der Waals surface area contributed by atoms with Gasteiger partial charge < -0.3 is 14.8 Å². The lowest BCUT2D eigenvalue weighted by atomic mass is 10.2. The lowest BCUT2D eigenvalue weighted by Crippen LogP contribution is -2.19. The molecule has 0 atom stereocenters. The molecule has 4 rings (SSSR count). The topological polar surface area (TPSA) is 74.5 Å². The highest BCUT2D eigenvalue weighted by Gasteiger charge is 2.16. The summed E-state index contributed by atoms with van der Waals surface area (Å²) < 4.78 is 13.6. The fraction of sp³-hybridized carbons (Fsp3) is 0.176. The maximum Gasteiger partial charge on any atom is 0.328 e. The number of anilines is 1. The molecule has 1 N–H and O–H groups in total. The van der Waals surface area contributed by atoms with E-state index < -0.39 is 0 Å². The van der Waals surface area contributed by atoms with Crippen molar-refractivity contribution >= 4 is 22.6 Å². The minimum Gasteiger partial charge on any atom is -0.454 e. The number of fused-ring (bicyclic) bond motifs is 2. The zero-order chi connectivity index (χ0) is 16.8. The summed E-state index contributed by atoms with van der Waals surface area (Å²) in [4.78, 5) is 24.4. The molecule has 0 spiro atoms. The van der Waals surface area contributed by atoms with Crippen LogP contribution in [-0.4, -0.2) is 21.8 Å². The van der Waals surface area contributed by atoms with E-state index in [0.717, 1.165) is 11.0 Å². The van der Waals surface area contributed by atoms with Gasteiger partial charge in [-0.2, -0.15) is 0 Å². The number of hydrogen-bond acceptors (Lipinski definition) is 4. The third-order valence-corrected chi connectivity index (χ3v) is 4.16. The molecular weight excluding hydrogens is 310 g/mol. The molecule has 7 nitrogen and oxygen atoms in total. The summed E-state index contributed by atoms with van der Waals surface area (Å²) in [5, 5.41) is 2.84. The number of amides is 1. The van der Waals surface area contributed by atoms with Crippen LogP contribution in [0.1, 0.15) is 10.4 Å². The van der Waals surface area contributed by atoms with Gasteiger partial charge in [0.25, 0.3) is 5.91 Å². The van der Waals surface area contributed by atoms with Crippen LogP contribution in [0.2, 0.25) is 0 Å². The largest absolute Gasteiger partial charge is 0.454 e. The Balaban J connectivity index is 1.65. The van der Waals surface area contributed by atoms with E-state index in [-0.39, 0.29) is 18.4 Å². The Morgan fingerprint density at radius 1 is 1.00 bits per heavy atom. The SMILES string of the molecule is Cn1c(=O)n(C)c2cc(NC(=O)c3ccc4c(c3)OCO4)ccc21. The van der Waals surface area contributed by atoms with Gasteiger partial charge in [-0.1, -0.05) is 0 Å². The highest BCUT2D eigenvalue weighted by Crippen LogP contribution is 2.32. The summed E-state index contributed by atoms with van der Waals surface area (Å²) in [6, 6.07) is 10.4. The zero-order valence-electron chi connectivity index (χ0n) is 13.2. The minimum atomic E-state index is -0.256. The number of aromatic nitrogens is 2. The van der Waals surface area contributed by atoms with Crippen LogP contribution < -0.4 is 20.5 Å². The number of aryl methyl sites for hydroxylation is 2. The number of hydrogen-bond donors (Lipinski definition) is 1. The minimum absolute atomic E-state index is 0.107. The molecule has 122 valence electrons. The number of carbonyl (C=O) groups is 1. The molecule has 0 aliphatic carbocycles. The van der Waals surface area contributed by atoms with Crippen LogP contribution in [-0.2, 0) is 14.1 Å². The highest BCUT2D eigenvalue weighted by molar-refractivity contribution is 6.05. The molecule has 0 saturated carbocycles. The number of nitrogens with zero attached hydrogens (tertiary/aromatic N) is 2. The van der Waals surface area contributed by atoms with Crippen LogP contribution >= 0.6 is 0 Å². The first-order chi connectivity index (χ1) is 11.5. The second-order valence-corrected chi connectivity index (χ2v) is 5.63. The van der Waals surface area contributed by atoms with Gasteiger partial charge in [0.15, 0.2) is 11.5 Å². The number of ether oxygens (including phenoxy) is 2. The molecule has 0 unspecified atom stereocenters. The molecule has 3 aromatic rings. The van der Waals surface area contributed by atoms with E-state index in [9.17, 15) is 9.59 Å². The van der Waals surface area contributed by atoms with Gasteiger partial charge in [0.2, 0.25) is 6.79 Å². The van der Waals surface area contributed by atoms with Crippen molar-refractivity contribution in [3.05, 3.63) is 52.4 Å². The third-order valence-electron chi connectivity index (χ3n) is 4.16. The van der Waals surface area contributed by atoms with Crippen molar-refractivity contribution in [2.24, 2.45) is 14.1 Å². The lowest BCUT2D eigenvalue weighted by molar-refractivity contribution is 0.102. The summed E-state index contributed by atoms with van der Waals surface area (Å²) in [5.74, 6) is 0.935. The van der Waals surface area contributed by atoms with Crippen molar-refractivity contribution in [1.82, 2.24) is 9.13 Å². The summed E-state index contributed by atoms with van der Waals surface area (Å²) in [7, 11) is 3.42.